The number of aromatic nitrogens is 4. The first-order valence-electron chi connectivity index (χ1n) is 9.94. The molecule has 0 spiro atoms. The molecular formula is C22H25N5O2S. The molecule has 1 aromatic heterocycles. The predicted molar refractivity (Wildman–Crippen MR) is 118 cm³/mol. The van der Waals surface area contributed by atoms with Gasteiger partial charge in [0.05, 0.1) is 10.9 Å². The van der Waals surface area contributed by atoms with Crippen LogP contribution in [0, 0.1) is 0 Å². The highest BCUT2D eigenvalue weighted by atomic mass is 32.2. The van der Waals surface area contributed by atoms with Gasteiger partial charge in [0.15, 0.2) is 5.78 Å². The summed E-state index contributed by atoms with van der Waals surface area (Å²) in [6.07, 6.45) is 3.38. The second kappa shape index (κ2) is 10.2. The number of ketones is 1. The van der Waals surface area contributed by atoms with Gasteiger partial charge >= 0.3 is 0 Å². The van der Waals surface area contributed by atoms with Crippen molar-refractivity contribution in [3.8, 4) is 5.69 Å². The monoisotopic (exact) mass is 423 g/mol. The number of hydrogen-bond acceptors (Lipinski definition) is 6. The number of nitrogens with one attached hydrogen (secondary N) is 1. The summed E-state index contributed by atoms with van der Waals surface area (Å²) < 4.78 is 1.64. The van der Waals surface area contributed by atoms with Gasteiger partial charge in [0.25, 0.3) is 0 Å². The van der Waals surface area contributed by atoms with E-state index in [4.69, 9.17) is 0 Å². The molecule has 30 heavy (non-hydrogen) atoms. The Kier molecular flexibility index (Phi) is 7.35. The van der Waals surface area contributed by atoms with Crippen molar-refractivity contribution in [2.45, 2.75) is 50.4 Å². The second-order valence-corrected chi connectivity index (χ2v) is 8.33. The van der Waals surface area contributed by atoms with Gasteiger partial charge in [-0.1, -0.05) is 37.2 Å². The number of benzene rings is 2. The van der Waals surface area contributed by atoms with E-state index in [1.165, 1.54) is 24.2 Å². The summed E-state index contributed by atoms with van der Waals surface area (Å²) >= 11 is 1.29. The third-order valence-corrected chi connectivity index (χ3v) is 5.68. The van der Waals surface area contributed by atoms with E-state index in [1.807, 2.05) is 12.1 Å². The number of carbonyl (C=O) groups is 2. The van der Waals surface area contributed by atoms with Crippen molar-refractivity contribution in [3.05, 3.63) is 59.7 Å². The number of Topliss-reactive ketones (excluding diaryl/α,β-unsaturated/α-hetero) is 1. The van der Waals surface area contributed by atoms with Crippen LogP contribution in [0.25, 0.3) is 5.69 Å². The third kappa shape index (κ3) is 5.54. The van der Waals surface area contributed by atoms with E-state index in [-0.39, 0.29) is 11.7 Å². The zero-order valence-corrected chi connectivity index (χ0v) is 18.1. The van der Waals surface area contributed by atoms with Gasteiger partial charge < -0.3 is 5.32 Å². The molecule has 1 atom stereocenters. The van der Waals surface area contributed by atoms with Gasteiger partial charge in [0.2, 0.25) is 11.1 Å². The molecular weight excluding hydrogens is 398 g/mol. The lowest BCUT2D eigenvalue weighted by atomic mass is 10.1. The molecule has 8 heteroatoms. The number of anilines is 1. The largest absolute Gasteiger partial charge is 0.325 e. The molecule has 0 radical (unpaired) electrons. The SMILES string of the molecule is CCCCc1ccc(-n2nnnc2S[C@H](C)C(=O)Nc2ccc(C(C)=O)cc2)cc1. The average Bonchev–Trinajstić information content (AvgIpc) is 3.21. The Balaban J connectivity index is 1.64. The second-order valence-electron chi connectivity index (χ2n) is 7.03. The van der Waals surface area contributed by atoms with Crippen molar-refractivity contribution in [2.24, 2.45) is 0 Å². The molecule has 1 amide bonds. The van der Waals surface area contributed by atoms with Crippen LogP contribution in [0.2, 0.25) is 0 Å². The summed E-state index contributed by atoms with van der Waals surface area (Å²) in [6.45, 7) is 5.49. The number of tetrazole rings is 1. The van der Waals surface area contributed by atoms with E-state index in [2.05, 4.69) is 39.9 Å². The molecule has 0 fully saturated rings. The van der Waals surface area contributed by atoms with Gasteiger partial charge in [-0.05, 0) is 79.1 Å². The fourth-order valence-electron chi connectivity index (χ4n) is 2.84. The lowest BCUT2D eigenvalue weighted by molar-refractivity contribution is -0.115. The number of hydrogen-bond donors (Lipinski definition) is 1. The molecule has 2 aromatic carbocycles. The minimum atomic E-state index is -0.411. The number of rotatable bonds is 9. The molecule has 0 unspecified atom stereocenters. The fraction of sp³-hybridized carbons (Fsp3) is 0.318. The maximum atomic E-state index is 12.6. The van der Waals surface area contributed by atoms with E-state index < -0.39 is 5.25 Å². The standard InChI is InChI=1S/C22H25N5O2S/c1-4-5-6-17-7-13-20(14-8-17)27-22(24-25-26-27)30-16(3)21(29)23-19-11-9-18(10-12-19)15(2)28/h7-14,16H,4-6H2,1-3H3,(H,23,29)/t16-/m1/s1. The highest BCUT2D eigenvalue weighted by molar-refractivity contribution is 8.00. The zero-order chi connectivity index (χ0) is 21.5. The highest BCUT2D eigenvalue weighted by Crippen LogP contribution is 2.24. The molecule has 1 heterocycles. The van der Waals surface area contributed by atoms with Gasteiger partial charge in [-0.3, -0.25) is 9.59 Å². The Morgan fingerprint density at radius 1 is 1.10 bits per heavy atom. The minimum Gasteiger partial charge on any atom is -0.325 e. The Bertz CT molecular complexity index is 999. The van der Waals surface area contributed by atoms with Gasteiger partial charge in [0.1, 0.15) is 0 Å². The fourth-order valence-corrected chi connectivity index (χ4v) is 3.65. The third-order valence-electron chi connectivity index (χ3n) is 4.65. The van der Waals surface area contributed by atoms with Crippen LogP contribution in [-0.2, 0) is 11.2 Å². The highest BCUT2D eigenvalue weighted by Gasteiger charge is 2.19. The van der Waals surface area contributed by atoms with Gasteiger partial charge in [0, 0.05) is 11.3 Å². The first-order valence-corrected chi connectivity index (χ1v) is 10.8. The van der Waals surface area contributed by atoms with E-state index in [1.54, 1.807) is 35.9 Å². The van der Waals surface area contributed by atoms with Crippen molar-refractivity contribution in [1.82, 2.24) is 20.2 Å². The number of aryl methyl sites for hydroxylation is 1. The topological polar surface area (TPSA) is 89.8 Å². The van der Waals surface area contributed by atoms with E-state index in [0.29, 0.717) is 16.4 Å². The molecule has 0 aliphatic heterocycles. The number of thioether (sulfide) groups is 1. The Hall–Kier alpha value is -3.00. The molecule has 3 rings (SSSR count). The van der Waals surface area contributed by atoms with Crippen molar-refractivity contribution >= 4 is 29.1 Å². The van der Waals surface area contributed by atoms with E-state index in [0.717, 1.165) is 24.9 Å². The molecule has 7 nitrogen and oxygen atoms in total. The lowest BCUT2D eigenvalue weighted by Crippen LogP contribution is -2.23. The normalized spacial score (nSPS) is 11.8. The summed E-state index contributed by atoms with van der Waals surface area (Å²) in [7, 11) is 0. The zero-order valence-electron chi connectivity index (χ0n) is 17.3. The first kappa shape index (κ1) is 21.7. The first-order chi connectivity index (χ1) is 14.5. The molecule has 0 saturated heterocycles. The maximum absolute atomic E-state index is 12.6. The van der Waals surface area contributed by atoms with E-state index >= 15 is 0 Å². The molecule has 156 valence electrons. The van der Waals surface area contributed by atoms with E-state index in [9.17, 15) is 9.59 Å². The Morgan fingerprint density at radius 3 is 2.43 bits per heavy atom. The molecule has 0 aliphatic rings. The number of carbonyl (C=O) groups excluding carboxylic acids is 2. The van der Waals surface area contributed by atoms with Crippen LogP contribution in [0.3, 0.4) is 0 Å². The van der Waals surface area contributed by atoms with Gasteiger partial charge in [-0.15, -0.1) is 5.10 Å². The quantitative estimate of drug-likeness (QED) is 0.407. The van der Waals surface area contributed by atoms with Crippen LogP contribution < -0.4 is 5.32 Å². The van der Waals surface area contributed by atoms with Crippen LogP contribution >= 0.6 is 11.8 Å². The van der Waals surface area contributed by atoms with Crippen molar-refractivity contribution in [1.29, 1.82) is 0 Å². The molecule has 0 aliphatic carbocycles. The predicted octanol–water partition coefficient (Wildman–Crippen LogP) is 4.33. The molecule has 3 aromatic rings. The minimum absolute atomic E-state index is 0.0120. The smallest absolute Gasteiger partial charge is 0.237 e. The number of amides is 1. The molecule has 0 bridgehead atoms. The van der Waals surface area contributed by atoms with Crippen molar-refractivity contribution < 1.29 is 9.59 Å². The lowest BCUT2D eigenvalue weighted by Gasteiger charge is -2.12. The van der Waals surface area contributed by atoms with Crippen LogP contribution in [0.15, 0.2) is 53.7 Å². The summed E-state index contributed by atoms with van der Waals surface area (Å²) in [5.74, 6) is -0.179. The summed E-state index contributed by atoms with van der Waals surface area (Å²) in [6, 6.07) is 15.0. The van der Waals surface area contributed by atoms with Crippen LogP contribution in [0.4, 0.5) is 5.69 Å². The average molecular weight is 424 g/mol. The van der Waals surface area contributed by atoms with Gasteiger partial charge in [-0.2, -0.15) is 4.68 Å². The summed E-state index contributed by atoms with van der Waals surface area (Å²) in [5.41, 5.74) is 3.39. The number of unbranched alkanes of at least 4 members (excludes halogenated alkanes) is 1. The van der Waals surface area contributed by atoms with Crippen LogP contribution in [-0.4, -0.2) is 37.1 Å². The van der Waals surface area contributed by atoms with Crippen LogP contribution in [0.1, 0.15) is 49.5 Å². The number of nitrogens with zero attached hydrogens (tertiary/aromatic N) is 4. The molecule has 1 N–H and O–H groups in total. The summed E-state index contributed by atoms with van der Waals surface area (Å²) in [5, 5.41) is 14.9. The summed E-state index contributed by atoms with van der Waals surface area (Å²) in [4.78, 5) is 23.9. The Labute approximate surface area is 180 Å². The molecule has 0 saturated carbocycles. The van der Waals surface area contributed by atoms with Crippen molar-refractivity contribution in [2.75, 3.05) is 5.32 Å². The van der Waals surface area contributed by atoms with Crippen LogP contribution in [0.5, 0.6) is 0 Å². The maximum Gasteiger partial charge on any atom is 0.237 e. The Morgan fingerprint density at radius 2 is 1.80 bits per heavy atom. The van der Waals surface area contributed by atoms with Crippen molar-refractivity contribution in [3.63, 3.8) is 0 Å². The van der Waals surface area contributed by atoms with Gasteiger partial charge in [-0.25, -0.2) is 0 Å².